The summed E-state index contributed by atoms with van der Waals surface area (Å²) in [4.78, 5) is 17.9. The molecule has 1 fully saturated rings. The number of carbonyl (C=O) groups is 1. The number of carbonyl (C=O) groups excluding carboxylic acids is 1. The van der Waals surface area contributed by atoms with Crippen molar-refractivity contribution in [2.24, 2.45) is 0 Å². The Kier molecular flexibility index (Phi) is 6.90. The third kappa shape index (κ3) is 5.02. The summed E-state index contributed by atoms with van der Waals surface area (Å²) in [5.74, 6) is 0.977. The number of hydrogen-bond acceptors (Lipinski definition) is 4. The SMILES string of the molecule is COc1ccc(CN2CCCN(C(=O)c3c(C)nn(Cc4ccccc4)c3C)CC2)cc1. The van der Waals surface area contributed by atoms with Gasteiger partial charge < -0.3 is 9.64 Å². The van der Waals surface area contributed by atoms with Gasteiger partial charge in [-0.15, -0.1) is 0 Å². The second kappa shape index (κ2) is 10.0. The Labute approximate surface area is 190 Å². The molecule has 1 aliphatic rings. The summed E-state index contributed by atoms with van der Waals surface area (Å²) in [7, 11) is 1.68. The fourth-order valence-electron chi connectivity index (χ4n) is 4.40. The molecule has 6 nitrogen and oxygen atoms in total. The predicted molar refractivity (Wildman–Crippen MR) is 126 cm³/mol. The lowest BCUT2D eigenvalue weighted by Crippen LogP contribution is -2.35. The van der Waals surface area contributed by atoms with Crippen molar-refractivity contribution in [2.45, 2.75) is 33.4 Å². The van der Waals surface area contributed by atoms with E-state index in [0.717, 1.165) is 61.8 Å². The lowest BCUT2D eigenvalue weighted by molar-refractivity contribution is 0.0759. The topological polar surface area (TPSA) is 50.6 Å². The molecule has 1 aromatic heterocycles. The van der Waals surface area contributed by atoms with Gasteiger partial charge >= 0.3 is 0 Å². The lowest BCUT2D eigenvalue weighted by Gasteiger charge is -2.22. The van der Waals surface area contributed by atoms with Gasteiger partial charge in [0.2, 0.25) is 0 Å². The molecular formula is C26H32N4O2. The average molecular weight is 433 g/mol. The quantitative estimate of drug-likeness (QED) is 0.593. The third-order valence-corrected chi connectivity index (χ3v) is 6.21. The molecule has 0 bridgehead atoms. The molecule has 0 saturated carbocycles. The molecule has 0 spiro atoms. The zero-order valence-electron chi connectivity index (χ0n) is 19.3. The monoisotopic (exact) mass is 432 g/mol. The zero-order valence-corrected chi connectivity index (χ0v) is 19.3. The van der Waals surface area contributed by atoms with Crippen molar-refractivity contribution in [1.82, 2.24) is 19.6 Å². The maximum absolute atomic E-state index is 13.4. The molecule has 0 atom stereocenters. The van der Waals surface area contributed by atoms with Crippen molar-refractivity contribution in [3.63, 3.8) is 0 Å². The van der Waals surface area contributed by atoms with E-state index in [-0.39, 0.29) is 5.91 Å². The Hall–Kier alpha value is -3.12. The van der Waals surface area contributed by atoms with E-state index in [4.69, 9.17) is 4.74 Å². The maximum Gasteiger partial charge on any atom is 0.257 e. The molecule has 1 amide bonds. The Morgan fingerprint density at radius 3 is 2.34 bits per heavy atom. The summed E-state index contributed by atoms with van der Waals surface area (Å²) < 4.78 is 7.20. The summed E-state index contributed by atoms with van der Waals surface area (Å²) in [6.45, 7) is 8.88. The van der Waals surface area contributed by atoms with Crippen LogP contribution in [-0.2, 0) is 13.1 Å². The van der Waals surface area contributed by atoms with E-state index >= 15 is 0 Å². The number of rotatable bonds is 6. The highest BCUT2D eigenvalue weighted by molar-refractivity contribution is 5.96. The van der Waals surface area contributed by atoms with E-state index < -0.39 is 0 Å². The molecule has 3 aromatic rings. The normalized spacial score (nSPS) is 14.9. The molecule has 0 aliphatic carbocycles. The Bertz CT molecular complexity index is 1040. The van der Waals surface area contributed by atoms with Crippen LogP contribution in [0.25, 0.3) is 0 Å². The van der Waals surface area contributed by atoms with E-state index in [1.54, 1.807) is 7.11 Å². The van der Waals surface area contributed by atoms with Crippen LogP contribution in [0.4, 0.5) is 0 Å². The molecular weight excluding hydrogens is 400 g/mol. The summed E-state index contributed by atoms with van der Waals surface area (Å²) in [6.07, 6.45) is 0.970. The number of hydrogen-bond donors (Lipinski definition) is 0. The highest BCUT2D eigenvalue weighted by Gasteiger charge is 2.25. The van der Waals surface area contributed by atoms with Gasteiger partial charge in [-0.1, -0.05) is 42.5 Å². The Balaban J connectivity index is 1.41. The second-order valence-electron chi connectivity index (χ2n) is 8.46. The van der Waals surface area contributed by atoms with Gasteiger partial charge in [0.25, 0.3) is 5.91 Å². The minimum absolute atomic E-state index is 0.102. The Morgan fingerprint density at radius 1 is 0.906 bits per heavy atom. The van der Waals surface area contributed by atoms with Crippen molar-refractivity contribution in [2.75, 3.05) is 33.3 Å². The van der Waals surface area contributed by atoms with Crippen LogP contribution in [0.1, 0.15) is 39.3 Å². The number of amides is 1. The van der Waals surface area contributed by atoms with E-state index in [0.29, 0.717) is 6.54 Å². The van der Waals surface area contributed by atoms with Gasteiger partial charge in [-0.2, -0.15) is 5.10 Å². The maximum atomic E-state index is 13.4. The molecule has 32 heavy (non-hydrogen) atoms. The largest absolute Gasteiger partial charge is 0.497 e. The molecule has 0 N–H and O–H groups in total. The third-order valence-electron chi connectivity index (χ3n) is 6.21. The van der Waals surface area contributed by atoms with Crippen LogP contribution in [0, 0.1) is 13.8 Å². The van der Waals surface area contributed by atoms with E-state index in [1.807, 2.05) is 53.8 Å². The van der Waals surface area contributed by atoms with E-state index in [9.17, 15) is 4.79 Å². The summed E-state index contributed by atoms with van der Waals surface area (Å²) in [6, 6.07) is 18.5. The van der Waals surface area contributed by atoms with Crippen molar-refractivity contribution in [3.05, 3.63) is 82.7 Å². The molecule has 2 heterocycles. The van der Waals surface area contributed by atoms with Gasteiger partial charge in [0, 0.05) is 38.4 Å². The van der Waals surface area contributed by atoms with Crippen molar-refractivity contribution >= 4 is 5.91 Å². The molecule has 2 aromatic carbocycles. The van der Waals surface area contributed by atoms with Gasteiger partial charge in [-0.05, 0) is 43.5 Å². The highest BCUT2D eigenvalue weighted by atomic mass is 16.5. The molecule has 0 radical (unpaired) electrons. The first kappa shape index (κ1) is 22.1. The van der Waals surface area contributed by atoms with Crippen LogP contribution in [0.15, 0.2) is 54.6 Å². The first-order valence-corrected chi connectivity index (χ1v) is 11.3. The molecule has 6 heteroatoms. The first-order chi connectivity index (χ1) is 15.5. The van der Waals surface area contributed by atoms with Gasteiger partial charge in [0.05, 0.1) is 24.9 Å². The highest BCUT2D eigenvalue weighted by Crippen LogP contribution is 2.19. The minimum atomic E-state index is 0.102. The minimum Gasteiger partial charge on any atom is -0.497 e. The van der Waals surface area contributed by atoms with Crippen LogP contribution < -0.4 is 4.74 Å². The number of benzene rings is 2. The average Bonchev–Trinajstić information content (AvgIpc) is 2.96. The fraction of sp³-hybridized carbons (Fsp3) is 0.385. The molecule has 168 valence electrons. The van der Waals surface area contributed by atoms with Crippen molar-refractivity contribution in [1.29, 1.82) is 0 Å². The fourth-order valence-corrected chi connectivity index (χ4v) is 4.40. The van der Waals surface area contributed by atoms with Gasteiger partial charge in [0.1, 0.15) is 5.75 Å². The number of methoxy groups -OCH3 is 1. The zero-order chi connectivity index (χ0) is 22.5. The summed E-state index contributed by atoms with van der Waals surface area (Å²) >= 11 is 0. The van der Waals surface area contributed by atoms with Crippen LogP contribution in [0.3, 0.4) is 0 Å². The molecule has 1 aliphatic heterocycles. The number of ether oxygens (including phenoxy) is 1. The number of aromatic nitrogens is 2. The number of aryl methyl sites for hydroxylation is 1. The van der Waals surface area contributed by atoms with Gasteiger partial charge in [0.15, 0.2) is 0 Å². The van der Waals surface area contributed by atoms with Crippen LogP contribution >= 0.6 is 0 Å². The standard InChI is InChI=1S/C26H32N4O2/c1-20-25(21(2)30(27-20)19-22-8-5-4-6-9-22)26(31)29-15-7-14-28(16-17-29)18-23-10-12-24(32-3)13-11-23/h4-6,8-13H,7,14-19H2,1-3H3. The van der Waals surface area contributed by atoms with Crippen LogP contribution in [0.5, 0.6) is 5.75 Å². The van der Waals surface area contributed by atoms with E-state index in [1.165, 1.54) is 11.1 Å². The lowest BCUT2D eigenvalue weighted by atomic mass is 10.1. The number of nitrogens with zero attached hydrogens (tertiary/aromatic N) is 4. The predicted octanol–water partition coefficient (Wildman–Crippen LogP) is 3.90. The van der Waals surface area contributed by atoms with Crippen LogP contribution in [-0.4, -0.2) is 58.8 Å². The summed E-state index contributed by atoms with van der Waals surface area (Å²) in [5.41, 5.74) is 4.95. The Morgan fingerprint density at radius 2 is 1.62 bits per heavy atom. The van der Waals surface area contributed by atoms with Gasteiger partial charge in [-0.3, -0.25) is 14.4 Å². The van der Waals surface area contributed by atoms with Crippen molar-refractivity contribution in [3.8, 4) is 5.75 Å². The smallest absolute Gasteiger partial charge is 0.257 e. The van der Waals surface area contributed by atoms with Crippen molar-refractivity contribution < 1.29 is 9.53 Å². The van der Waals surface area contributed by atoms with Crippen LogP contribution in [0.2, 0.25) is 0 Å². The first-order valence-electron chi connectivity index (χ1n) is 11.3. The molecule has 4 rings (SSSR count). The van der Waals surface area contributed by atoms with E-state index in [2.05, 4.69) is 34.3 Å². The second-order valence-corrected chi connectivity index (χ2v) is 8.46. The van der Waals surface area contributed by atoms with Gasteiger partial charge in [-0.25, -0.2) is 0 Å². The molecule has 1 saturated heterocycles. The molecule has 0 unspecified atom stereocenters. The summed E-state index contributed by atoms with van der Waals surface area (Å²) in [5, 5.41) is 4.68.